The molecule has 0 saturated heterocycles. The Morgan fingerprint density at radius 3 is 1.09 bits per heavy atom. The fourth-order valence-electron chi connectivity index (χ4n) is 3.49. The molecule has 0 spiro atoms. The van der Waals surface area contributed by atoms with E-state index >= 15 is 0 Å². The standard InChI is InChI=1S/C28H44O3P2/c1-25(2,3)19-13-15-23(21(17-19)27(7,8)9)29-32-31-33-30-24-16-14-20(26(4,5)6)18-22(24)28(10,11)12/h13-18,32-33H,1-12H3. The van der Waals surface area contributed by atoms with Gasteiger partial charge in [0.15, 0.2) is 0 Å². The maximum absolute atomic E-state index is 6.06. The highest BCUT2D eigenvalue weighted by Crippen LogP contribution is 2.41. The molecule has 0 N–H and O–H groups in total. The molecule has 0 aromatic heterocycles. The second-order valence-corrected chi connectivity index (χ2v) is 14.5. The zero-order chi connectivity index (χ0) is 25.2. The summed E-state index contributed by atoms with van der Waals surface area (Å²) < 4.78 is 17.9. The molecule has 33 heavy (non-hydrogen) atoms. The van der Waals surface area contributed by atoms with Crippen LogP contribution >= 0.6 is 18.1 Å². The summed E-state index contributed by atoms with van der Waals surface area (Å²) in [5.74, 6) is 1.76. The third-order valence-electron chi connectivity index (χ3n) is 5.69. The van der Waals surface area contributed by atoms with Gasteiger partial charge in [-0.15, -0.1) is 0 Å². The van der Waals surface area contributed by atoms with E-state index in [0.717, 1.165) is 11.5 Å². The van der Waals surface area contributed by atoms with Crippen LogP contribution in [-0.4, -0.2) is 0 Å². The topological polar surface area (TPSA) is 27.7 Å². The van der Waals surface area contributed by atoms with E-state index in [0.29, 0.717) is 0 Å². The van der Waals surface area contributed by atoms with E-state index < -0.39 is 0 Å². The molecule has 0 amide bonds. The van der Waals surface area contributed by atoms with Crippen molar-refractivity contribution >= 4 is 18.1 Å². The monoisotopic (exact) mass is 490 g/mol. The van der Waals surface area contributed by atoms with E-state index in [1.54, 1.807) is 0 Å². The van der Waals surface area contributed by atoms with Gasteiger partial charge >= 0.3 is 0 Å². The molecular weight excluding hydrogens is 446 g/mol. The predicted molar refractivity (Wildman–Crippen MR) is 147 cm³/mol. The van der Waals surface area contributed by atoms with Crippen molar-refractivity contribution in [2.75, 3.05) is 0 Å². The molecule has 2 unspecified atom stereocenters. The average molecular weight is 491 g/mol. The summed E-state index contributed by atoms with van der Waals surface area (Å²) in [6.45, 7) is 26.7. The molecule has 0 saturated carbocycles. The number of rotatable bonds is 6. The van der Waals surface area contributed by atoms with Crippen molar-refractivity contribution < 1.29 is 13.4 Å². The number of benzene rings is 2. The highest BCUT2D eigenvalue weighted by atomic mass is 31.2. The molecule has 2 atom stereocenters. The maximum atomic E-state index is 6.06. The van der Waals surface area contributed by atoms with E-state index in [1.165, 1.54) is 22.3 Å². The van der Waals surface area contributed by atoms with Crippen molar-refractivity contribution in [2.45, 2.75) is 105 Å². The fourth-order valence-corrected chi connectivity index (χ4v) is 4.50. The zero-order valence-electron chi connectivity index (χ0n) is 22.7. The maximum Gasteiger partial charge on any atom is 0.221 e. The Balaban J connectivity index is 2.07. The summed E-state index contributed by atoms with van der Waals surface area (Å²) in [6, 6.07) is 13.0. The Morgan fingerprint density at radius 1 is 0.485 bits per heavy atom. The third-order valence-corrected chi connectivity index (χ3v) is 6.97. The smallest absolute Gasteiger partial charge is 0.221 e. The van der Waals surface area contributed by atoms with Crippen molar-refractivity contribution in [3.05, 3.63) is 58.7 Å². The lowest BCUT2D eigenvalue weighted by Crippen LogP contribution is -2.17. The van der Waals surface area contributed by atoms with Crippen molar-refractivity contribution in [3.8, 4) is 11.5 Å². The first-order chi connectivity index (χ1) is 14.9. The summed E-state index contributed by atoms with van der Waals surface area (Å²) in [5, 5.41) is 0. The third kappa shape index (κ3) is 7.95. The van der Waals surface area contributed by atoms with Gasteiger partial charge in [-0.1, -0.05) is 107 Å². The minimum absolute atomic E-state index is 0.0176. The van der Waals surface area contributed by atoms with E-state index in [2.05, 4.69) is 119 Å². The SMILES string of the molecule is CC(C)(C)c1ccc(OPOPOc2ccc(C(C)(C)C)cc2C(C)(C)C)c(C(C)(C)C)c1. The van der Waals surface area contributed by atoms with Gasteiger partial charge in [-0.3, -0.25) is 4.31 Å². The zero-order valence-corrected chi connectivity index (χ0v) is 24.7. The Labute approximate surface area is 206 Å². The lowest BCUT2D eigenvalue weighted by molar-refractivity contribution is 0.474. The van der Waals surface area contributed by atoms with Gasteiger partial charge in [-0.2, -0.15) is 0 Å². The molecule has 0 bridgehead atoms. The van der Waals surface area contributed by atoms with Crippen LogP contribution in [0.2, 0.25) is 0 Å². The molecular formula is C28H44O3P2. The van der Waals surface area contributed by atoms with Crippen LogP contribution in [0, 0.1) is 0 Å². The first kappa shape index (κ1) is 28.1. The van der Waals surface area contributed by atoms with Gasteiger partial charge in [0.1, 0.15) is 11.5 Å². The minimum atomic E-state index is -0.120. The van der Waals surface area contributed by atoms with Crippen LogP contribution in [0.4, 0.5) is 0 Å². The minimum Gasteiger partial charge on any atom is -0.449 e. The van der Waals surface area contributed by atoms with E-state index in [-0.39, 0.29) is 39.7 Å². The molecule has 2 aromatic rings. The first-order valence-corrected chi connectivity index (χ1v) is 13.3. The normalized spacial score (nSPS) is 13.9. The molecule has 2 rings (SSSR count). The predicted octanol–water partition coefficient (Wildman–Crippen LogP) is 9.37. The molecule has 184 valence electrons. The summed E-state index contributed by atoms with van der Waals surface area (Å²) in [7, 11) is -0.241. The average Bonchev–Trinajstić information content (AvgIpc) is 2.64. The van der Waals surface area contributed by atoms with Gasteiger partial charge in [0.05, 0.1) is 0 Å². The molecule has 0 aliphatic heterocycles. The molecule has 2 aromatic carbocycles. The van der Waals surface area contributed by atoms with Crippen LogP contribution in [0.3, 0.4) is 0 Å². The second kappa shape index (κ2) is 10.2. The van der Waals surface area contributed by atoms with Crippen LogP contribution in [0.15, 0.2) is 36.4 Å². The molecule has 5 heteroatoms. The Kier molecular flexibility index (Phi) is 8.71. The van der Waals surface area contributed by atoms with Gasteiger partial charge in [0.2, 0.25) is 18.1 Å². The molecule has 0 radical (unpaired) electrons. The molecule has 0 fully saturated rings. The number of hydrogen-bond acceptors (Lipinski definition) is 3. The molecule has 0 aliphatic carbocycles. The Morgan fingerprint density at radius 2 is 0.818 bits per heavy atom. The quantitative estimate of drug-likeness (QED) is 0.298. The summed E-state index contributed by atoms with van der Waals surface area (Å²) in [4.78, 5) is 0. The largest absolute Gasteiger partial charge is 0.449 e. The summed E-state index contributed by atoms with van der Waals surface area (Å²) >= 11 is 0. The van der Waals surface area contributed by atoms with Crippen LogP contribution in [0.5, 0.6) is 11.5 Å². The van der Waals surface area contributed by atoms with Gasteiger partial charge in [0.25, 0.3) is 0 Å². The van der Waals surface area contributed by atoms with Crippen LogP contribution in [-0.2, 0) is 26.0 Å². The molecule has 3 nitrogen and oxygen atoms in total. The summed E-state index contributed by atoms with van der Waals surface area (Å²) in [6.07, 6.45) is 0. The first-order valence-electron chi connectivity index (χ1n) is 11.7. The van der Waals surface area contributed by atoms with E-state index in [1.807, 2.05) is 0 Å². The molecule has 0 heterocycles. The highest BCUT2D eigenvalue weighted by Gasteiger charge is 2.24. The lowest BCUT2D eigenvalue weighted by Gasteiger charge is -2.27. The fraction of sp³-hybridized carbons (Fsp3) is 0.571. The van der Waals surface area contributed by atoms with Gasteiger partial charge in [-0.25, -0.2) is 0 Å². The van der Waals surface area contributed by atoms with E-state index in [4.69, 9.17) is 13.4 Å². The van der Waals surface area contributed by atoms with Crippen LogP contribution in [0.25, 0.3) is 0 Å². The van der Waals surface area contributed by atoms with Gasteiger partial charge < -0.3 is 9.05 Å². The highest BCUT2D eigenvalue weighted by molar-refractivity contribution is 7.41. The number of hydrogen-bond donors (Lipinski definition) is 0. The lowest BCUT2D eigenvalue weighted by atomic mass is 9.80. The second-order valence-electron chi connectivity index (χ2n) is 12.9. The van der Waals surface area contributed by atoms with Crippen LogP contribution < -0.4 is 9.05 Å². The molecule has 0 aliphatic rings. The van der Waals surface area contributed by atoms with Crippen molar-refractivity contribution in [3.63, 3.8) is 0 Å². The van der Waals surface area contributed by atoms with E-state index in [9.17, 15) is 0 Å². The van der Waals surface area contributed by atoms with Crippen LogP contribution in [0.1, 0.15) is 105 Å². The van der Waals surface area contributed by atoms with Crippen molar-refractivity contribution in [1.29, 1.82) is 0 Å². The summed E-state index contributed by atoms with van der Waals surface area (Å²) in [5.41, 5.74) is 5.17. The Hall–Kier alpha value is -1.14. The Bertz CT molecular complexity index is 862. The van der Waals surface area contributed by atoms with Gasteiger partial charge in [-0.05, 0) is 44.9 Å². The van der Waals surface area contributed by atoms with Gasteiger partial charge in [0, 0.05) is 11.1 Å². The van der Waals surface area contributed by atoms with Crippen molar-refractivity contribution in [1.82, 2.24) is 0 Å². The van der Waals surface area contributed by atoms with Crippen molar-refractivity contribution in [2.24, 2.45) is 0 Å².